The van der Waals surface area contributed by atoms with Gasteiger partial charge in [0.05, 0.1) is 5.97 Å². The molecule has 0 amide bonds. The van der Waals surface area contributed by atoms with E-state index >= 15 is 0 Å². The van der Waals surface area contributed by atoms with E-state index in [1.165, 1.54) is 51.1 Å². The van der Waals surface area contributed by atoms with Gasteiger partial charge in [0, 0.05) is 0 Å². The number of hydrogen-bond donors (Lipinski definition) is 0. The van der Waals surface area contributed by atoms with Crippen LogP contribution in [0.15, 0.2) is 12.7 Å². The second-order valence-corrected chi connectivity index (χ2v) is 2.83. The number of hydrogen-bond acceptors (Lipinski definition) is 2. The third-order valence-electron chi connectivity index (χ3n) is 0.770. The van der Waals surface area contributed by atoms with Crippen LogP contribution in [0.3, 0.4) is 0 Å². The number of carbonyl (C=O) groups excluding carboxylic acids is 1. The minimum atomic E-state index is -1.23. The van der Waals surface area contributed by atoms with Gasteiger partial charge in [-0.15, -0.1) is 0 Å². The monoisotopic (exact) mass is 168 g/mol. The van der Waals surface area contributed by atoms with Crippen LogP contribution in [0.4, 0.5) is 0 Å². The summed E-state index contributed by atoms with van der Waals surface area (Å²) in [4.78, 5) is 9.14. The first-order valence-electron chi connectivity index (χ1n) is 3.31. The molecule has 0 fully saturated rings. The Morgan fingerprint density at radius 1 is 1.80 bits per heavy atom. The molecule has 0 aliphatic heterocycles. The molecule has 3 heteroatoms. The quantitative estimate of drug-likeness (QED) is 0.449. The standard InChI is InChI=1S/C4H9.C3H4O2.Ca/c1-3-4-2;1-2-3(4)5;/h1,3-4H2,2H3;2H,1H2,(H,4,5);/q;;+1/p-1. The fraction of sp³-hybridized carbons (Fsp3) is 0.571. The Labute approximate surface area is 86.0 Å². The average Bonchev–Trinajstić information content (AvgIpc) is 1.91. The first-order chi connectivity index (χ1) is 4.68. The third-order valence-corrected chi connectivity index (χ3v) is 1.55. The second-order valence-electron chi connectivity index (χ2n) is 1.73. The number of carboxylic acid groups (broad SMARTS) is 1. The molecule has 0 aliphatic rings. The maximum absolute atomic E-state index is 9.14. The molecule has 0 rings (SSSR count). The Morgan fingerprint density at radius 3 is 2.20 bits per heavy atom. The van der Waals surface area contributed by atoms with Gasteiger partial charge in [0.1, 0.15) is 0 Å². The summed E-state index contributed by atoms with van der Waals surface area (Å²) in [6.45, 7) is 5.13. The predicted molar refractivity (Wildman–Crippen MR) is 40.7 cm³/mol. The van der Waals surface area contributed by atoms with Crippen molar-refractivity contribution in [1.29, 1.82) is 0 Å². The number of rotatable bonds is 3. The molecule has 10 heavy (non-hydrogen) atoms. The topological polar surface area (TPSA) is 40.1 Å². The molecule has 0 spiro atoms. The molecule has 0 aromatic carbocycles. The zero-order valence-electron chi connectivity index (χ0n) is 6.43. The van der Waals surface area contributed by atoms with Crippen LogP contribution in [0.5, 0.6) is 0 Å². The van der Waals surface area contributed by atoms with Gasteiger partial charge in [0.25, 0.3) is 0 Å². The summed E-state index contributed by atoms with van der Waals surface area (Å²) in [5, 5.41) is 9.14. The molecule has 2 nitrogen and oxygen atoms in total. The van der Waals surface area contributed by atoms with E-state index in [9.17, 15) is 0 Å². The average molecular weight is 168 g/mol. The van der Waals surface area contributed by atoms with Crippen LogP contribution in [0, 0.1) is 0 Å². The van der Waals surface area contributed by atoms with E-state index in [0.717, 1.165) is 6.08 Å². The summed E-state index contributed by atoms with van der Waals surface area (Å²) < 4.78 is 1.47. The van der Waals surface area contributed by atoms with Gasteiger partial charge in [-0.05, 0) is 6.08 Å². The molecule has 0 radical (unpaired) electrons. The predicted octanol–water partition coefficient (Wildman–Crippen LogP) is 0.296. The number of carboxylic acids is 1. The fourth-order valence-electron chi connectivity index (χ4n) is 0.250. The van der Waals surface area contributed by atoms with Gasteiger partial charge in [-0.25, -0.2) is 0 Å². The van der Waals surface area contributed by atoms with Gasteiger partial charge in [0.15, 0.2) is 0 Å². The second kappa shape index (κ2) is 12.2. The van der Waals surface area contributed by atoms with Crippen molar-refractivity contribution in [2.24, 2.45) is 0 Å². The van der Waals surface area contributed by atoms with Gasteiger partial charge in [-0.1, -0.05) is 6.58 Å². The van der Waals surface area contributed by atoms with E-state index in [1.54, 1.807) is 0 Å². The summed E-state index contributed by atoms with van der Waals surface area (Å²) in [5.74, 6) is -1.23. The molecule has 0 bridgehead atoms. The Hall–Kier alpha value is 0.470. The van der Waals surface area contributed by atoms with E-state index in [4.69, 9.17) is 9.90 Å². The van der Waals surface area contributed by atoms with Gasteiger partial charge >= 0.3 is 58.1 Å². The van der Waals surface area contributed by atoms with E-state index < -0.39 is 5.97 Å². The summed E-state index contributed by atoms with van der Waals surface area (Å²) >= 11 is 1.48. The number of unbranched alkanes of at least 4 members (excludes halogenated alkanes) is 1. The summed E-state index contributed by atoms with van der Waals surface area (Å²) in [6, 6.07) is 0. The van der Waals surface area contributed by atoms with E-state index in [0.29, 0.717) is 0 Å². The Bertz CT molecular complexity index is 89.6. The first kappa shape index (κ1) is 13.1. The van der Waals surface area contributed by atoms with Gasteiger partial charge in [0.2, 0.25) is 0 Å². The molecule has 0 aliphatic carbocycles. The Balaban J connectivity index is 0. The van der Waals surface area contributed by atoms with Crippen molar-refractivity contribution in [3.63, 3.8) is 0 Å². The van der Waals surface area contributed by atoms with Crippen LogP contribution >= 0.6 is 0 Å². The number of carbonyl (C=O) groups is 1. The summed E-state index contributed by atoms with van der Waals surface area (Å²) in [5.41, 5.74) is 0. The molecule has 0 atom stereocenters. The minimum absolute atomic E-state index is 0.722. The molecule has 0 aromatic rings. The molecule has 0 heterocycles. The zero-order chi connectivity index (χ0) is 8.41. The Kier molecular flexibility index (Phi) is 15.9. The molecule has 0 unspecified atom stereocenters. The molecule has 0 saturated carbocycles. The fourth-order valence-corrected chi connectivity index (χ4v) is 1.03. The van der Waals surface area contributed by atoms with Crippen LogP contribution < -0.4 is 5.11 Å². The Morgan fingerprint density at radius 2 is 2.20 bits per heavy atom. The molecule has 0 saturated heterocycles. The zero-order valence-corrected chi connectivity index (χ0v) is 8.64. The van der Waals surface area contributed by atoms with Crippen LogP contribution in [0.25, 0.3) is 0 Å². The summed E-state index contributed by atoms with van der Waals surface area (Å²) in [7, 11) is 0. The van der Waals surface area contributed by atoms with Crippen molar-refractivity contribution in [3.8, 4) is 0 Å². The van der Waals surface area contributed by atoms with Gasteiger partial charge in [-0.2, -0.15) is 0 Å². The molecule has 0 aromatic heterocycles. The van der Waals surface area contributed by atoms with E-state index in [1.807, 2.05) is 0 Å². The third kappa shape index (κ3) is 23.7. The van der Waals surface area contributed by atoms with Crippen LogP contribution in [0.1, 0.15) is 19.8 Å². The van der Waals surface area contributed by atoms with Crippen molar-refractivity contribution in [3.05, 3.63) is 12.7 Å². The molecule has 54 valence electrons. The van der Waals surface area contributed by atoms with Gasteiger partial charge < -0.3 is 9.90 Å². The first-order valence-corrected chi connectivity index (χ1v) is 4.87. The molecule has 0 N–H and O–H groups in total. The SMILES string of the molecule is C=CC(=O)[O-].CCC[CH2][Ca+]. The van der Waals surface area contributed by atoms with Crippen molar-refractivity contribution in [2.45, 2.75) is 22.3 Å². The van der Waals surface area contributed by atoms with Crippen molar-refractivity contribution in [1.82, 2.24) is 0 Å². The van der Waals surface area contributed by atoms with Crippen molar-refractivity contribution in [2.75, 3.05) is 0 Å². The van der Waals surface area contributed by atoms with Gasteiger partial charge in [-0.3, -0.25) is 0 Å². The van der Waals surface area contributed by atoms with E-state index in [2.05, 4.69) is 13.5 Å². The van der Waals surface area contributed by atoms with Crippen LogP contribution in [-0.2, 0) is 4.79 Å². The maximum atomic E-state index is 9.14. The van der Waals surface area contributed by atoms with Crippen LogP contribution in [0.2, 0.25) is 2.52 Å². The van der Waals surface area contributed by atoms with Crippen LogP contribution in [-0.4, -0.2) is 41.8 Å². The molecular weight excluding hydrogens is 156 g/mol. The normalized spacial score (nSPS) is 7.50. The van der Waals surface area contributed by atoms with Crippen molar-refractivity contribution < 1.29 is 9.90 Å². The molecular formula is C7H12CaO2. The summed E-state index contributed by atoms with van der Waals surface area (Å²) in [6.07, 6.45) is 3.54. The number of aliphatic carboxylic acids is 1. The van der Waals surface area contributed by atoms with E-state index in [-0.39, 0.29) is 0 Å². The van der Waals surface area contributed by atoms with Crippen molar-refractivity contribution >= 4 is 41.8 Å².